The molecule has 2 saturated heterocycles. The highest BCUT2D eigenvalue weighted by molar-refractivity contribution is 5.73. The lowest BCUT2D eigenvalue weighted by molar-refractivity contribution is -0.205. The fourth-order valence-corrected chi connectivity index (χ4v) is 1.86. The van der Waals surface area contributed by atoms with E-state index in [1.165, 1.54) is 6.92 Å². The fraction of sp³-hybridized carbons (Fsp3) is 0.875. The lowest BCUT2D eigenvalue weighted by Crippen LogP contribution is -2.59. The van der Waals surface area contributed by atoms with E-state index in [9.17, 15) is 15.0 Å². The zero-order chi connectivity index (χ0) is 10.3. The van der Waals surface area contributed by atoms with Crippen LogP contribution in [0.3, 0.4) is 0 Å². The molecular weight excluding hydrogens is 190 g/mol. The molecule has 14 heavy (non-hydrogen) atoms. The molecule has 0 unspecified atom stereocenters. The Morgan fingerprint density at radius 3 is 2.86 bits per heavy atom. The van der Waals surface area contributed by atoms with Crippen LogP contribution >= 0.6 is 0 Å². The quantitative estimate of drug-likeness (QED) is 0.457. The monoisotopic (exact) mass is 203 g/mol. The molecule has 0 aromatic heterocycles. The predicted molar refractivity (Wildman–Crippen MR) is 44.2 cm³/mol. The standard InChI is InChI=1S/C8H13NO5/c1-3(10)9-5-7-6(11)4(2-13-7)14-8(5)12/h4-8,11-12H,2H2,1H3,(H,9,10)/t4-,5+,6-,7+,8+/m1/s1. The summed E-state index contributed by atoms with van der Waals surface area (Å²) in [6, 6.07) is -0.693. The van der Waals surface area contributed by atoms with Crippen LogP contribution in [0.5, 0.6) is 0 Å². The molecule has 2 bridgehead atoms. The second-order valence-electron chi connectivity index (χ2n) is 3.58. The number of rotatable bonds is 1. The SMILES string of the molecule is CC(=O)N[C@H]1[C@@H]2OC[C@@H](O[C@@H]1O)[C@H]2O. The zero-order valence-corrected chi connectivity index (χ0v) is 7.71. The van der Waals surface area contributed by atoms with Crippen LogP contribution in [0, 0.1) is 0 Å². The molecule has 0 radical (unpaired) electrons. The van der Waals surface area contributed by atoms with Gasteiger partial charge in [-0.25, -0.2) is 0 Å². The third kappa shape index (κ3) is 1.50. The van der Waals surface area contributed by atoms with Crippen LogP contribution in [0.1, 0.15) is 6.92 Å². The molecule has 6 nitrogen and oxygen atoms in total. The molecule has 6 heteroatoms. The minimum atomic E-state index is -1.11. The van der Waals surface area contributed by atoms with Gasteiger partial charge < -0.3 is 25.0 Å². The Kier molecular flexibility index (Phi) is 2.44. The predicted octanol–water partition coefficient (Wildman–Crippen LogP) is -2.03. The van der Waals surface area contributed by atoms with Crippen molar-refractivity contribution < 1.29 is 24.5 Å². The van der Waals surface area contributed by atoms with Gasteiger partial charge in [-0.15, -0.1) is 0 Å². The zero-order valence-electron chi connectivity index (χ0n) is 7.71. The lowest BCUT2D eigenvalue weighted by atomic mass is 10.00. The second kappa shape index (κ2) is 3.47. The summed E-state index contributed by atoms with van der Waals surface area (Å²) in [6.45, 7) is 1.58. The Hall–Kier alpha value is -0.690. The van der Waals surface area contributed by atoms with Crippen molar-refractivity contribution in [2.45, 2.75) is 37.6 Å². The van der Waals surface area contributed by atoms with Gasteiger partial charge >= 0.3 is 0 Å². The number of fused-ring (bicyclic) bond motifs is 2. The van der Waals surface area contributed by atoms with Gasteiger partial charge in [0.25, 0.3) is 0 Å². The largest absolute Gasteiger partial charge is 0.388 e. The van der Waals surface area contributed by atoms with Crippen LogP contribution in [-0.2, 0) is 14.3 Å². The van der Waals surface area contributed by atoms with E-state index < -0.39 is 30.6 Å². The summed E-state index contributed by atoms with van der Waals surface area (Å²) < 4.78 is 10.3. The van der Waals surface area contributed by atoms with Crippen molar-refractivity contribution in [1.29, 1.82) is 0 Å². The maximum Gasteiger partial charge on any atom is 0.217 e. The lowest BCUT2D eigenvalue weighted by Gasteiger charge is -2.35. The molecule has 0 aliphatic carbocycles. The summed E-state index contributed by atoms with van der Waals surface area (Å²) in [6.07, 6.45) is -2.96. The van der Waals surface area contributed by atoms with Gasteiger partial charge in [0.05, 0.1) is 6.61 Å². The van der Waals surface area contributed by atoms with Gasteiger partial charge in [-0.3, -0.25) is 4.79 Å². The van der Waals surface area contributed by atoms with Crippen LogP contribution in [-0.4, -0.2) is 53.4 Å². The number of hydrogen-bond donors (Lipinski definition) is 3. The fourth-order valence-electron chi connectivity index (χ4n) is 1.86. The number of aliphatic hydroxyl groups excluding tert-OH is 2. The first kappa shape index (κ1) is 9.85. The van der Waals surface area contributed by atoms with Crippen molar-refractivity contribution >= 4 is 5.91 Å². The molecule has 2 heterocycles. The number of carbonyl (C=O) groups excluding carboxylic acids is 1. The van der Waals surface area contributed by atoms with Crippen LogP contribution in [0.25, 0.3) is 0 Å². The summed E-state index contributed by atoms with van der Waals surface area (Å²) in [7, 11) is 0. The van der Waals surface area contributed by atoms with Gasteiger partial charge in [0.15, 0.2) is 6.29 Å². The number of ether oxygens (including phenoxy) is 2. The summed E-state index contributed by atoms with van der Waals surface area (Å²) in [5.41, 5.74) is 0. The summed E-state index contributed by atoms with van der Waals surface area (Å²) in [4.78, 5) is 10.8. The van der Waals surface area contributed by atoms with Crippen molar-refractivity contribution in [1.82, 2.24) is 5.32 Å². The number of carbonyl (C=O) groups is 1. The normalized spacial score (nSPS) is 46.4. The number of hydrogen-bond acceptors (Lipinski definition) is 5. The molecule has 0 spiro atoms. The molecule has 2 aliphatic heterocycles. The van der Waals surface area contributed by atoms with E-state index >= 15 is 0 Å². The molecule has 80 valence electrons. The van der Waals surface area contributed by atoms with Crippen molar-refractivity contribution in [3.05, 3.63) is 0 Å². The van der Waals surface area contributed by atoms with E-state index in [2.05, 4.69) is 5.32 Å². The van der Waals surface area contributed by atoms with Crippen LogP contribution in [0.4, 0.5) is 0 Å². The Morgan fingerprint density at radius 2 is 2.21 bits per heavy atom. The number of nitrogens with one attached hydrogen (secondary N) is 1. The molecule has 5 atom stereocenters. The van der Waals surface area contributed by atoms with Crippen LogP contribution < -0.4 is 5.32 Å². The maximum atomic E-state index is 10.8. The highest BCUT2D eigenvalue weighted by Gasteiger charge is 2.50. The van der Waals surface area contributed by atoms with Crippen molar-refractivity contribution in [2.24, 2.45) is 0 Å². The maximum absolute atomic E-state index is 10.8. The number of aliphatic hydroxyl groups is 2. The minimum absolute atomic E-state index is 0.249. The Labute approximate surface area is 80.8 Å². The van der Waals surface area contributed by atoms with E-state index in [0.717, 1.165) is 0 Å². The average Bonchev–Trinajstić information content (AvgIpc) is 2.34. The second-order valence-corrected chi connectivity index (χ2v) is 3.58. The van der Waals surface area contributed by atoms with Crippen LogP contribution in [0.15, 0.2) is 0 Å². The third-order valence-electron chi connectivity index (χ3n) is 2.52. The van der Waals surface area contributed by atoms with Crippen molar-refractivity contribution in [3.8, 4) is 0 Å². The summed E-state index contributed by atoms with van der Waals surface area (Å²) in [5.74, 6) is -0.293. The Bertz CT molecular complexity index is 246. The minimum Gasteiger partial charge on any atom is -0.388 e. The molecular formula is C8H13NO5. The van der Waals surface area contributed by atoms with E-state index in [0.29, 0.717) is 0 Å². The third-order valence-corrected chi connectivity index (χ3v) is 2.52. The Morgan fingerprint density at radius 1 is 1.50 bits per heavy atom. The molecule has 0 aromatic carbocycles. The van der Waals surface area contributed by atoms with Gasteiger partial charge in [0, 0.05) is 6.92 Å². The molecule has 2 rings (SSSR count). The first-order valence-corrected chi connectivity index (χ1v) is 4.50. The molecule has 1 amide bonds. The van der Waals surface area contributed by atoms with Gasteiger partial charge in [-0.05, 0) is 0 Å². The van der Waals surface area contributed by atoms with E-state index in [1.807, 2.05) is 0 Å². The molecule has 2 aliphatic rings. The average molecular weight is 203 g/mol. The van der Waals surface area contributed by atoms with Gasteiger partial charge in [0.2, 0.25) is 5.91 Å². The first-order valence-electron chi connectivity index (χ1n) is 4.50. The van der Waals surface area contributed by atoms with E-state index in [-0.39, 0.29) is 12.5 Å². The summed E-state index contributed by atoms with van der Waals surface area (Å²) in [5, 5.41) is 21.6. The molecule has 0 saturated carbocycles. The Balaban J connectivity index is 2.10. The van der Waals surface area contributed by atoms with Crippen molar-refractivity contribution in [3.63, 3.8) is 0 Å². The smallest absolute Gasteiger partial charge is 0.217 e. The topological polar surface area (TPSA) is 88.0 Å². The first-order chi connectivity index (χ1) is 6.59. The van der Waals surface area contributed by atoms with E-state index in [1.54, 1.807) is 0 Å². The molecule has 0 aromatic rings. The van der Waals surface area contributed by atoms with E-state index in [4.69, 9.17) is 9.47 Å². The highest BCUT2D eigenvalue weighted by atomic mass is 16.7. The van der Waals surface area contributed by atoms with Gasteiger partial charge in [-0.1, -0.05) is 0 Å². The highest BCUT2D eigenvalue weighted by Crippen LogP contribution is 2.28. The summed E-state index contributed by atoms with van der Waals surface area (Å²) >= 11 is 0. The molecule has 3 N–H and O–H groups in total. The van der Waals surface area contributed by atoms with Gasteiger partial charge in [0.1, 0.15) is 24.4 Å². The van der Waals surface area contributed by atoms with Gasteiger partial charge in [-0.2, -0.15) is 0 Å². The molecule has 2 fully saturated rings. The van der Waals surface area contributed by atoms with Crippen molar-refractivity contribution in [2.75, 3.05) is 6.61 Å². The van der Waals surface area contributed by atoms with Crippen LogP contribution in [0.2, 0.25) is 0 Å². The number of amides is 1.